The first-order chi connectivity index (χ1) is 7.02. The van der Waals surface area contributed by atoms with Gasteiger partial charge in [-0.2, -0.15) is 0 Å². The van der Waals surface area contributed by atoms with Gasteiger partial charge in [0, 0.05) is 11.8 Å². The molecule has 0 saturated carbocycles. The van der Waals surface area contributed by atoms with Crippen LogP contribution in [0.5, 0.6) is 0 Å². The molecule has 5 nitrogen and oxygen atoms in total. The Balaban J connectivity index is 2.83. The molecular weight excluding hydrogens is 214 g/mol. The van der Waals surface area contributed by atoms with Gasteiger partial charge in [0.05, 0.1) is 0 Å². The molecule has 1 atom stereocenters. The van der Waals surface area contributed by atoms with Gasteiger partial charge >= 0.3 is 5.97 Å². The number of carboxylic acids is 1. The number of nitrogen functional groups attached to an aromatic ring is 1. The molecule has 1 rings (SSSR count). The predicted octanol–water partition coefficient (Wildman–Crippen LogP) is 1.32. The summed E-state index contributed by atoms with van der Waals surface area (Å²) >= 11 is 1.12. The van der Waals surface area contributed by atoms with Crippen molar-refractivity contribution in [3.05, 3.63) is 11.8 Å². The number of carboxylic acid groups (broad SMARTS) is 1. The summed E-state index contributed by atoms with van der Waals surface area (Å²) in [6, 6.07) is 1.64. The van der Waals surface area contributed by atoms with E-state index in [0.717, 1.165) is 17.5 Å². The molecule has 0 amide bonds. The van der Waals surface area contributed by atoms with E-state index in [-0.39, 0.29) is 0 Å². The number of aromatic nitrogens is 2. The molecule has 0 radical (unpaired) electrons. The van der Waals surface area contributed by atoms with E-state index in [9.17, 15) is 4.79 Å². The molecule has 0 fully saturated rings. The maximum atomic E-state index is 10.8. The fourth-order valence-electron chi connectivity index (χ4n) is 1.05. The predicted molar refractivity (Wildman–Crippen MR) is 58.8 cm³/mol. The van der Waals surface area contributed by atoms with Crippen LogP contribution in [0.25, 0.3) is 0 Å². The Kier molecular flexibility index (Phi) is 3.90. The number of carbonyl (C=O) groups is 1. The van der Waals surface area contributed by atoms with Gasteiger partial charge in [0.1, 0.15) is 11.1 Å². The van der Waals surface area contributed by atoms with E-state index in [1.54, 1.807) is 13.0 Å². The zero-order valence-corrected chi connectivity index (χ0v) is 9.41. The molecule has 0 aliphatic heterocycles. The van der Waals surface area contributed by atoms with E-state index in [1.165, 1.54) is 0 Å². The van der Waals surface area contributed by atoms with Crippen molar-refractivity contribution in [2.45, 2.75) is 30.7 Å². The topological polar surface area (TPSA) is 89.1 Å². The molecule has 0 aromatic carbocycles. The van der Waals surface area contributed by atoms with Crippen LogP contribution in [0.15, 0.2) is 11.2 Å². The average Bonchev–Trinajstić information content (AvgIpc) is 2.12. The lowest BCUT2D eigenvalue weighted by atomic mass is 10.3. The molecule has 1 aromatic rings. The third-order valence-electron chi connectivity index (χ3n) is 1.75. The van der Waals surface area contributed by atoms with Gasteiger partial charge in [-0.1, -0.05) is 18.7 Å². The van der Waals surface area contributed by atoms with Crippen molar-refractivity contribution in [3.63, 3.8) is 0 Å². The number of hydrogen-bond acceptors (Lipinski definition) is 5. The fraction of sp³-hybridized carbons (Fsp3) is 0.444. The van der Waals surface area contributed by atoms with E-state index >= 15 is 0 Å². The Morgan fingerprint density at radius 2 is 2.33 bits per heavy atom. The molecular formula is C9H13N3O2S. The maximum absolute atomic E-state index is 10.8. The van der Waals surface area contributed by atoms with Gasteiger partial charge in [-0.3, -0.25) is 4.79 Å². The lowest BCUT2D eigenvalue weighted by Crippen LogP contribution is -2.15. The molecule has 3 N–H and O–H groups in total. The number of hydrogen-bond donors (Lipinski definition) is 2. The van der Waals surface area contributed by atoms with Gasteiger partial charge in [0.15, 0.2) is 5.16 Å². The number of aryl methyl sites for hydroxylation is 1. The number of aliphatic carboxylic acids is 1. The first kappa shape index (κ1) is 11.8. The largest absolute Gasteiger partial charge is 0.480 e. The molecule has 0 aliphatic carbocycles. The zero-order valence-electron chi connectivity index (χ0n) is 8.60. The third-order valence-corrected chi connectivity index (χ3v) is 2.96. The Morgan fingerprint density at radius 1 is 1.67 bits per heavy atom. The summed E-state index contributed by atoms with van der Waals surface area (Å²) in [5.41, 5.74) is 6.28. The summed E-state index contributed by atoms with van der Waals surface area (Å²) in [5, 5.41) is 8.76. The number of nitrogens with zero attached hydrogens (tertiary/aromatic N) is 2. The molecule has 0 bridgehead atoms. The Hall–Kier alpha value is -1.30. The number of rotatable bonds is 4. The number of anilines is 1. The van der Waals surface area contributed by atoms with Crippen LogP contribution in [0.1, 0.15) is 19.0 Å². The highest BCUT2D eigenvalue weighted by molar-refractivity contribution is 8.00. The number of thioether (sulfide) groups is 1. The molecule has 0 spiro atoms. The van der Waals surface area contributed by atoms with E-state index in [4.69, 9.17) is 10.8 Å². The minimum absolute atomic E-state index is 0.366. The van der Waals surface area contributed by atoms with Crippen LogP contribution in [0, 0.1) is 6.92 Å². The molecule has 15 heavy (non-hydrogen) atoms. The van der Waals surface area contributed by atoms with E-state index in [2.05, 4.69) is 9.97 Å². The van der Waals surface area contributed by atoms with Gasteiger partial charge in [0.25, 0.3) is 0 Å². The highest BCUT2D eigenvalue weighted by Crippen LogP contribution is 2.23. The minimum Gasteiger partial charge on any atom is -0.480 e. The van der Waals surface area contributed by atoms with Crippen LogP contribution in [-0.2, 0) is 4.79 Å². The number of nitrogens with two attached hydrogens (primary N) is 1. The van der Waals surface area contributed by atoms with Crippen molar-refractivity contribution < 1.29 is 9.90 Å². The SMILES string of the molecule is CCC(Sc1nc(C)cc(N)n1)C(=O)O. The zero-order chi connectivity index (χ0) is 11.4. The first-order valence-corrected chi connectivity index (χ1v) is 5.41. The van der Waals surface area contributed by atoms with Crippen molar-refractivity contribution in [1.82, 2.24) is 9.97 Å². The van der Waals surface area contributed by atoms with Crippen molar-refractivity contribution in [2.24, 2.45) is 0 Å². The third kappa shape index (κ3) is 3.39. The lowest BCUT2D eigenvalue weighted by Gasteiger charge is -2.08. The summed E-state index contributed by atoms with van der Waals surface area (Å²) in [5.74, 6) is -0.489. The van der Waals surface area contributed by atoms with Gasteiger partial charge in [-0.05, 0) is 13.3 Å². The van der Waals surface area contributed by atoms with Gasteiger partial charge < -0.3 is 10.8 Å². The normalized spacial score (nSPS) is 12.4. The molecule has 0 aliphatic rings. The van der Waals surface area contributed by atoms with Crippen LogP contribution >= 0.6 is 11.8 Å². The Morgan fingerprint density at radius 3 is 2.80 bits per heavy atom. The molecule has 1 unspecified atom stereocenters. The van der Waals surface area contributed by atoms with E-state index in [0.29, 0.717) is 17.4 Å². The maximum Gasteiger partial charge on any atom is 0.317 e. The van der Waals surface area contributed by atoms with Crippen molar-refractivity contribution in [2.75, 3.05) is 5.73 Å². The van der Waals surface area contributed by atoms with Gasteiger partial charge in [-0.25, -0.2) is 9.97 Å². The summed E-state index contributed by atoms with van der Waals surface area (Å²) in [6.07, 6.45) is 0.525. The first-order valence-electron chi connectivity index (χ1n) is 4.53. The van der Waals surface area contributed by atoms with E-state index in [1.807, 2.05) is 6.92 Å². The van der Waals surface area contributed by atoms with Crippen LogP contribution in [0.4, 0.5) is 5.82 Å². The van der Waals surface area contributed by atoms with Crippen LogP contribution < -0.4 is 5.73 Å². The summed E-state index contributed by atoms with van der Waals surface area (Å²) in [4.78, 5) is 18.9. The van der Waals surface area contributed by atoms with Crippen molar-refractivity contribution >= 4 is 23.5 Å². The monoisotopic (exact) mass is 227 g/mol. The Bertz CT molecular complexity index is 350. The van der Waals surface area contributed by atoms with Crippen molar-refractivity contribution in [3.8, 4) is 0 Å². The van der Waals surface area contributed by atoms with E-state index < -0.39 is 11.2 Å². The average molecular weight is 227 g/mol. The molecule has 82 valence electrons. The highest BCUT2D eigenvalue weighted by Gasteiger charge is 2.18. The lowest BCUT2D eigenvalue weighted by molar-refractivity contribution is -0.136. The van der Waals surface area contributed by atoms with Gasteiger partial charge in [0.2, 0.25) is 0 Å². The standard InChI is InChI=1S/C9H13N3O2S/c1-3-6(8(13)14)15-9-11-5(2)4-7(10)12-9/h4,6H,3H2,1-2H3,(H,13,14)(H2,10,11,12). The van der Waals surface area contributed by atoms with Gasteiger partial charge in [-0.15, -0.1) is 0 Å². The summed E-state index contributed by atoms with van der Waals surface area (Å²) in [6.45, 7) is 3.61. The summed E-state index contributed by atoms with van der Waals surface area (Å²) in [7, 11) is 0. The quantitative estimate of drug-likeness (QED) is 0.595. The smallest absolute Gasteiger partial charge is 0.317 e. The van der Waals surface area contributed by atoms with Crippen LogP contribution in [0.3, 0.4) is 0 Å². The van der Waals surface area contributed by atoms with Crippen LogP contribution in [0.2, 0.25) is 0 Å². The molecule has 1 aromatic heterocycles. The second-order valence-electron chi connectivity index (χ2n) is 3.07. The van der Waals surface area contributed by atoms with Crippen molar-refractivity contribution in [1.29, 1.82) is 0 Å². The summed E-state index contributed by atoms with van der Waals surface area (Å²) < 4.78 is 0. The molecule has 6 heteroatoms. The second-order valence-corrected chi connectivity index (χ2v) is 4.24. The molecule has 0 saturated heterocycles. The highest BCUT2D eigenvalue weighted by atomic mass is 32.2. The van der Waals surface area contributed by atoms with Crippen LogP contribution in [-0.4, -0.2) is 26.3 Å². The Labute approximate surface area is 92.1 Å². The molecule has 1 heterocycles. The second kappa shape index (κ2) is 4.97. The minimum atomic E-state index is -0.855. The fourth-order valence-corrected chi connectivity index (χ4v) is 1.93.